The lowest BCUT2D eigenvalue weighted by Crippen LogP contribution is -2.39. The summed E-state index contributed by atoms with van der Waals surface area (Å²) in [5.41, 5.74) is 1.70. The van der Waals surface area contributed by atoms with E-state index in [0.29, 0.717) is 30.2 Å². The monoisotopic (exact) mass is 460 g/mol. The van der Waals surface area contributed by atoms with E-state index in [4.69, 9.17) is 5.21 Å². The molecule has 34 heavy (non-hydrogen) atoms. The van der Waals surface area contributed by atoms with Crippen molar-refractivity contribution in [3.05, 3.63) is 76.5 Å². The highest BCUT2D eigenvalue weighted by atomic mass is 16.4. The Morgan fingerprint density at radius 2 is 2.03 bits per heavy atom. The van der Waals surface area contributed by atoms with Crippen LogP contribution in [0.25, 0.3) is 11.3 Å². The molecule has 0 saturated carbocycles. The normalized spacial score (nSPS) is 18.2. The Morgan fingerprint density at radius 1 is 1.24 bits per heavy atom. The van der Waals surface area contributed by atoms with Crippen LogP contribution in [0.4, 0.5) is 5.82 Å². The fraction of sp³-hybridized carbons (Fsp3) is 0.261. The molecule has 0 unspecified atom stereocenters. The summed E-state index contributed by atoms with van der Waals surface area (Å²) in [6, 6.07) is 12.3. The van der Waals surface area contributed by atoms with Gasteiger partial charge in [0.25, 0.3) is 11.5 Å². The number of fused-ring (bicyclic) bond motifs is 1. The zero-order chi connectivity index (χ0) is 23.8. The van der Waals surface area contributed by atoms with Gasteiger partial charge >= 0.3 is 0 Å². The van der Waals surface area contributed by atoms with E-state index >= 15 is 0 Å². The molecule has 1 fully saturated rings. The Morgan fingerprint density at radius 3 is 2.79 bits per heavy atom. The summed E-state index contributed by atoms with van der Waals surface area (Å²) in [6.07, 6.45) is 5.33. The fourth-order valence-corrected chi connectivity index (χ4v) is 4.50. The van der Waals surface area contributed by atoms with Crippen molar-refractivity contribution in [2.45, 2.75) is 25.4 Å². The lowest BCUT2D eigenvalue weighted by molar-refractivity contribution is 0.0938. The van der Waals surface area contributed by atoms with Crippen LogP contribution in [0, 0.1) is 6.92 Å². The molecular formula is C23H24N8O3. The predicted octanol–water partition coefficient (Wildman–Crippen LogP) is 1.36. The van der Waals surface area contributed by atoms with E-state index in [1.807, 2.05) is 47.4 Å². The number of carbonyl (C=O) groups excluding carboxylic acids is 1. The molecule has 174 valence electrons. The molecule has 1 amide bonds. The lowest BCUT2D eigenvalue weighted by Gasteiger charge is -2.22. The summed E-state index contributed by atoms with van der Waals surface area (Å²) in [5, 5.41) is 19.9. The Balaban J connectivity index is 1.40. The predicted molar refractivity (Wildman–Crippen MR) is 126 cm³/mol. The van der Waals surface area contributed by atoms with Gasteiger partial charge in [0.1, 0.15) is 11.4 Å². The zero-order valence-electron chi connectivity index (χ0n) is 18.7. The Bertz CT molecular complexity index is 1440. The second kappa shape index (κ2) is 8.50. The van der Waals surface area contributed by atoms with Crippen LogP contribution in [0.3, 0.4) is 0 Å². The Labute approximate surface area is 194 Å². The number of nitrogens with one attached hydrogen (secondary N) is 1. The maximum absolute atomic E-state index is 13.2. The molecule has 11 nitrogen and oxygen atoms in total. The average Bonchev–Trinajstić information content (AvgIpc) is 3.51. The van der Waals surface area contributed by atoms with Crippen molar-refractivity contribution in [1.82, 2.24) is 29.3 Å². The minimum atomic E-state index is -0.433. The Kier molecular flexibility index (Phi) is 5.36. The number of carbonyl (C=O) groups is 1. The molecule has 0 bridgehead atoms. The van der Waals surface area contributed by atoms with Crippen LogP contribution in [0.15, 0.2) is 64.8 Å². The Hall–Kier alpha value is -4.41. The largest absolute Gasteiger partial charge is 0.411 e. The first kappa shape index (κ1) is 21.4. The van der Waals surface area contributed by atoms with Gasteiger partial charge in [-0.05, 0) is 37.6 Å². The summed E-state index contributed by atoms with van der Waals surface area (Å²) in [4.78, 5) is 32.5. The van der Waals surface area contributed by atoms with Gasteiger partial charge in [-0.2, -0.15) is 0 Å². The van der Waals surface area contributed by atoms with E-state index in [2.05, 4.69) is 20.6 Å². The molecule has 2 atom stereocenters. The molecule has 5 rings (SSSR count). The smallest absolute Gasteiger partial charge is 0.284 e. The van der Waals surface area contributed by atoms with Gasteiger partial charge in [0.05, 0.1) is 23.6 Å². The second-order valence-electron chi connectivity index (χ2n) is 8.25. The molecular weight excluding hydrogens is 436 g/mol. The maximum Gasteiger partial charge on any atom is 0.284 e. The van der Waals surface area contributed by atoms with Crippen molar-refractivity contribution in [3.63, 3.8) is 0 Å². The molecule has 3 aromatic heterocycles. The number of aromatic nitrogens is 5. The number of oxime groups is 1. The molecule has 4 heterocycles. The molecule has 0 aliphatic carbocycles. The number of hydrogen-bond acceptors (Lipinski definition) is 7. The van der Waals surface area contributed by atoms with Crippen molar-refractivity contribution in [3.8, 4) is 5.69 Å². The topological polar surface area (TPSA) is 122 Å². The molecule has 0 spiro atoms. The molecule has 11 heteroatoms. The van der Waals surface area contributed by atoms with E-state index in [0.717, 1.165) is 5.65 Å². The third kappa shape index (κ3) is 3.60. The quantitative estimate of drug-likeness (QED) is 0.264. The number of rotatable bonds is 5. The van der Waals surface area contributed by atoms with E-state index in [-0.39, 0.29) is 23.2 Å². The number of nitrogens with zero attached hydrogens (tertiary/aromatic N) is 7. The van der Waals surface area contributed by atoms with Gasteiger partial charge in [0.15, 0.2) is 5.65 Å². The summed E-state index contributed by atoms with van der Waals surface area (Å²) in [5.74, 6) is 0.229. The maximum atomic E-state index is 13.2. The standard InChI is InChI=1S/C23H24N8O3/c1-15-21(23(33)31(28(15)2)17-6-4-3-5-7-17)22(32)26-16-12-18(13-25-34)29(14-16)20-9-8-19-24-10-11-30(19)27-20/h3-11,13,16,18,34H,12,14H2,1-2H3,(H,26,32)/b25-13+/t16-,18+/m0/s1. The molecule has 2 N–H and O–H groups in total. The minimum Gasteiger partial charge on any atom is -0.411 e. The van der Waals surface area contributed by atoms with Crippen molar-refractivity contribution >= 4 is 23.6 Å². The SMILES string of the molecule is Cc1c(C(=O)N[C@H]2C[C@H](/C=N/O)N(c3ccc4nccn4n3)C2)c(=O)n(-c2ccccc2)n1C. The summed E-state index contributed by atoms with van der Waals surface area (Å²) in [7, 11) is 1.75. The molecule has 1 saturated heterocycles. The minimum absolute atomic E-state index is 0.107. The highest BCUT2D eigenvalue weighted by Crippen LogP contribution is 2.24. The number of benzene rings is 1. The number of hydrogen-bond donors (Lipinski definition) is 2. The van der Waals surface area contributed by atoms with Gasteiger partial charge < -0.3 is 15.4 Å². The van der Waals surface area contributed by atoms with E-state index in [1.165, 1.54) is 10.9 Å². The van der Waals surface area contributed by atoms with Gasteiger partial charge in [-0.15, -0.1) is 5.10 Å². The summed E-state index contributed by atoms with van der Waals surface area (Å²) >= 11 is 0. The summed E-state index contributed by atoms with van der Waals surface area (Å²) < 4.78 is 4.82. The van der Waals surface area contributed by atoms with Crippen molar-refractivity contribution in [2.75, 3.05) is 11.4 Å². The van der Waals surface area contributed by atoms with Gasteiger partial charge in [-0.3, -0.25) is 14.3 Å². The third-order valence-electron chi connectivity index (χ3n) is 6.23. The van der Waals surface area contributed by atoms with Gasteiger partial charge in [0.2, 0.25) is 0 Å². The number of imidazole rings is 1. The van der Waals surface area contributed by atoms with Crippen LogP contribution < -0.4 is 15.8 Å². The van der Waals surface area contributed by atoms with Crippen LogP contribution in [0.2, 0.25) is 0 Å². The van der Waals surface area contributed by atoms with Crippen molar-refractivity contribution in [2.24, 2.45) is 12.2 Å². The average molecular weight is 460 g/mol. The van der Waals surface area contributed by atoms with Crippen molar-refractivity contribution < 1.29 is 10.0 Å². The second-order valence-corrected chi connectivity index (χ2v) is 8.25. The van der Waals surface area contributed by atoms with Gasteiger partial charge in [-0.25, -0.2) is 14.2 Å². The molecule has 1 aliphatic rings. The molecule has 1 aliphatic heterocycles. The van der Waals surface area contributed by atoms with Crippen LogP contribution in [-0.4, -0.2) is 59.9 Å². The van der Waals surface area contributed by atoms with Crippen LogP contribution >= 0.6 is 0 Å². The number of amides is 1. The first-order valence-electron chi connectivity index (χ1n) is 10.9. The lowest BCUT2D eigenvalue weighted by atomic mass is 10.1. The van der Waals surface area contributed by atoms with E-state index < -0.39 is 5.91 Å². The van der Waals surface area contributed by atoms with Crippen LogP contribution in [-0.2, 0) is 7.05 Å². The van der Waals surface area contributed by atoms with Gasteiger partial charge in [0, 0.05) is 32.0 Å². The molecule has 4 aromatic rings. The highest BCUT2D eigenvalue weighted by Gasteiger charge is 2.34. The third-order valence-corrected chi connectivity index (χ3v) is 6.23. The first-order chi connectivity index (χ1) is 16.5. The van der Waals surface area contributed by atoms with E-state index in [9.17, 15) is 9.59 Å². The first-order valence-corrected chi connectivity index (χ1v) is 10.9. The van der Waals surface area contributed by atoms with E-state index in [1.54, 1.807) is 35.6 Å². The highest BCUT2D eigenvalue weighted by molar-refractivity contribution is 5.95. The fourth-order valence-electron chi connectivity index (χ4n) is 4.50. The summed E-state index contributed by atoms with van der Waals surface area (Å²) in [6.45, 7) is 2.19. The zero-order valence-corrected chi connectivity index (χ0v) is 18.7. The van der Waals surface area contributed by atoms with Crippen LogP contribution in [0.1, 0.15) is 22.5 Å². The van der Waals surface area contributed by atoms with Crippen molar-refractivity contribution in [1.29, 1.82) is 0 Å². The number of para-hydroxylation sites is 1. The molecule has 0 radical (unpaired) electrons. The number of anilines is 1. The molecule has 1 aromatic carbocycles. The van der Waals surface area contributed by atoms with Crippen LogP contribution in [0.5, 0.6) is 0 Å². The van der Waals surface area contributed by atoms with Gasteiger partial charge in [-0.1, -0.05) is 23.4 Å².